The number of benzene rings is 2. The number of nitrogens with zero attached hydrogens (tertiary/aromatic N) is 1. The average molecular weight is 330 g/mol. The van der Waals surface area contributed by atoms with Gasteiger partial charge in [-0.25, -0.2) is 4.99 Å². The van der Waals surface area contributed by atoms with Crippen LogP contribution in [0.15, 0.2) is 58.0 Å². The molecule has 0 bridgehead atoms. The predicted molar refractivity (Wildman–Crippen MR) is 85.3 cm³/mol. The van der Waals surface area contributed by atoms with Crippen LogP contribution in [0.3, 0.4) is 0 Å². The highest BCUT2D eigenvalue weighted by Gasteiger charge is 2.22. The summed E-state index contributed by atoms with van der Waals surface area (Å²) < 4.78 is 6.79. The monoisotopic (exact) mass is 329 g/mol. The van der Waals surface area contributed by atoms with Crippen LogP contribution in [0.2, 0.25) is 0 Å². The molecule has 0 N–H and O–H groups in total. The molecule has 0 saturated carbocycles. The van der Waals surface area contributed by atoms with E-state index in [4.69, 9.17) is 9.73 Å². The Labute approximate surface area is 127 Å². The van der Waals surface area contributed by atoms with Crippen molar-refractivity contribution in [3.63, 3.8) is 0 Å². The van der Waals surface area contributed by atoms with Crippen LogP contribution in [-0.2, 0) is 11.2 Å². The molecular weight excluding hydrogens is 314 g/mol. The molecule has 0 aliphatic carbocycles. The van der Waals surface area contributed by atoms with Crippen molar-refractivity contribution in [1.82, 2.24) is 0 Å². The molecule has 2 aromatic carbocycles. The molecular formula is C17H16BrNO. The highest BCUT2D eigenvalue weighted by atomic mass is 79.9. The van der Waals surface area contributed by atoms with Crippen LogP contribution in [0.25, 0.3) is 0 Å². The SMILES string of the molecule is Cc1ccccc1C[C@H]1COC(c2ccccc2Br)=N1. The van der Waals surface area contributed by atoms with Crippen molar-refractivity contribution in [2.45, 2.75) is 19.4 Å². The zero-order valence-corrected chi connectivity index (χ0v) is 12.9. The van der Waals surface area contributed by atoms with Crippen LogP contribution in [0, 0.1) is 6.92 Å². The van der Waals surface area contributed by atoms with E-state index >= 15 is 0 Å². The number of ether oxygens (including phenoxy) is 1. The first-order valence-electron chi connectivity index (χ1n) is 6.74. The Morgan fingerprint density at radius 2 is 1.90 bits per heavy atom. The molecule has 1 aliphatic rings. The fraction of sp³-hybridized carbons (Fsp3) is 0.235. The Kier molecular flexibility index (Phi) is 3.88. The fourth-order valence-corrected chi connectivity index (χ4v) is 2.85. The van der Waals surface area contributed by atoms with Crippen LogP contribution < -0.4 is 0 Å². The van der Waals surface area contributed by atoms with Gasteiger partial charge in [0.1, 0.15) is 6.61 Å². The lowest BCUT2D eigenvalue weighted by Gasteiger charge is -2.07. The van der Waals surface area contributed by atoms with Gasteiger partial charge in [0.15, 0.2) is 0 Å². The summed E-state index contributed by atoms with van der Waals surface area (Å²) in [7, 11) is 0. The molecule has 3 rings (SSSR count). The zero-order chi connectivity index (χ0) is 13.9. The third-order valence-corrected chi connectivity index (χ3v) is 4.22. The van der Waals surface area contributed by atoms with Crippen molar-refractivity contribution in [1.29, 1.82) is 0 Å². The van der Waals surface area contributed by atoms with Crippen LogP contribution in [0.1, 0.15) is 16.7 Å². The average Bonchev–Trinajstić information content (AvgIpc) is 2.90. The second kappa shape index (κ2) is 5.80. The largest absolute Gasteiger partial charge is 0.475 e. The molecule has 1 heterocycles. The summed E-state index contributed by atoms with van der Waals surface area (Å²) in [5, 5.41) is 0. The molecule has 102 valence electrons. The summed E-state index contributed by atoms with van der Waals surface area (Å²) in [4.78, 5) is 4.72. The second-order valence-corrected chi connectivity index (χ2v) is 5.86. The van der Waals surface area contributed by atoms with E-state index in [1.54, 1.807) is 0 Å². The number of rotatable bonds is 3. The number of aliphatic imine (C=N–C) groups is 1. The standard InChI is InChI=1S/C17H16BrNO/c1-12-6-2-3-7-13(12)10-14-11-20-17(19-14)15-8-4-5-9-16(15)18/h2-9,14H,10-11H2,1H3/t14-/m0/s1. The smallest absolute Gasteiger partial charge is 0.217 e. The summed E-state index contributed by atoms with van der Waals surface area (Å²) in [5.74, 6) is 0.746. The maximum Gasteiger partial charge on any atom is 0.217 e. The lowest BCUT2D eigenvalue weighted by Crippen LogP contribution is -2.10. The molecule has 0 fully saturated rings. The van der Waals surface area contributed by atoms with Gasteiger partial charge in [-0.1, -0.05) is 36.4 Å². The highest BCUT2D eigenvalue weighted by molar-refractivity contribution is 9.10. The third kappa shape index (κ3) is 2.78. The van der Waals surface area contributed by atoms with Gasteiger partial charge in [0.2, 0.25) is 5.90 Å². The summed E-state index contributed by atoms with van der Waals surface area (Å²) >= 11 is 3.54. The quantitative estimate of drug-likeness (QED) is 0.829. The first-order chi connectivity index (χ1) is 9.74. The van der Waals surface area contributed by atoms with Gasteiger partial charge < -0.3 is 4.74 Å². The van der Waals surface area contributed by atoms with Crippen molar-refractivity contribution < 1.29 is 4.74 Å². The summed E-state index contributed by atoms with van der Waals surface area (Å²) in [6, 6.07) is 16.7. The van der Waals surface area contributed by atoms with Crippen molar-refractivity contribution in [3.05, 3.63) is 69.7 Å². The first kappa shape index (κ1) is 13.4. The van der Waals surface area contributed by atoms with Crippen LogP contribution in [0.5, 0.6) is 0 Å². The van der Waals surface area contributed by atoms with Gasteiger partial charge in [-0.05, 0) is 52.5 Å². The molecule has 0 unspecified atom stereocenters. The first-order valence-corrected chi connectivity index (χ1v) is 7.53. The van der Waals surface area contributed by atoms with E-state index in [2.05, 4.69) is 47.1 Å². The normalized spacial score (nSPS) is 17.7. The molecule has 0 radical (unpaired) electrons. The molecule has 0 spiro atoms. The fourth-order valence-electron chi connectivity index (χ4n) is 2.39. The zero-order valence-electron chi connectivity index (χ0n) is 11.3. The number of halogens is 1. The summed E-state index contributed by atoms with van der Waals surface area (Å²) in [6.07, 6.45) is 0.931. The molecule has 3 heteroatoms. The maximum atomic E-state index is 5.76. The summed E-state index contributed by atoms with van der Waals surface area (Å²) in [6.45, 7) is 2.80. The molecule has 1 atom stereocenters. The van der Waals surface area contributed by atoms with E-state index in [0.29, 0.717) is 6.61 Å². The highest BCUT2D eigenvalue weighted by Crippen LogP contribution is 2.22. The van der Waals surface area contributed by atoms with Gasteiger partial charge >= 0.3 is 0 Å². The Balaban J connectivity index is 1.79. The van der Waals surface area contributed by atoms with Gasteiger partial charge in [-0.3, -0.25) is 0 Å². The third-order valence-electron chi connectivity index (χ3n) is 3.53. The van der Waals surface area contributed by atoms with E-state index in [0.717, 1.165) is 22.4 Å². The molecule has 2 nitrogen and oxygen atoms in total. The van der Waals surface area contributed by atoms with E-state index in [1.165, 1.54) is 11.1 Å². The molecule has 2 aromatic rings. The Bertz CT molecular complexity index is 651. The van der Waals surface area contributed by atoms with Crippen molar-refractivity contribution >= 4 is 21.8 Å². The number of hydrogen-bond acceptors (Lipinski definition) is 2. The van der Waals surface area contributed by atoms with Gasteiger partial charge in [-0.2, -0.15) is 0 Å². The molecule has 0 aromatic heterocycles. The van der Waals surface area contributed by atoms with Crippen molar-refractivity contribution in [2.75, 3.05) is 6.61 Å². The Hall–Kier alpha value is -1.61. The lowest BCUT2D eigenvalue weighted by molar-refractivity contribution is 0.316. The number of hydrogen-bond donors (Lipinski definition) is 0. The second-order valence-electron chi connectivity index (χ2n) is 5.01. The Morgan fingerprint density at radius 1 is 1.15 bits per heavy atom. The van der Waals surface area contributed by atoms with Crippen LogP contribution in [0.4, 0.5) is 0 Å². The van der Waals surface area contributed by atoms with E-state index in [1.807, 2.05) is 24.3 Å². The van der Waals surface area contributed by atoms with E-state index < -0.39 is 0 Å². The van der Waals surface area contributed by atoms with Crippen LogP contribution in [-0.4, -0.2) is 18.5 Å². The predicted octanol–water partition coefficient (Wildman–Crippen LogP) is 4.15. The number of aryl methyl sites for hydroxylation is 1. The van der Waals surface area contributed by atoms with E-state index in [9.17, 15) is 0 Å². The molecule has 0 saturated heterocycles. The van der Waals surface area contributed by atoms with E-state index in [-0.39, 0.29) is 6.04 Å². The van der Waals surface area contributed by atoms with Gasteiger partial charge in [0.05, 0.1) is 11.6 Å². The topological polar surface area (TPSA) is 21.6 Å². The van der Waals surface area contributed by atoms with Gasteiger partial charge in [-0.15, -0.1) is 0 Å². The van der Waals surface area contributed by atoms with Crippen molar-refractivity contribution in [2.24, 2.45) is 4.99 Å². The lowest BCUT2D eigenvalue weighted by atomic mass is 10.0. The maximum absolute atomic E-state index is 5.76. The van der Waals surface area contributed by atoms with Crippen molar-refractivity contribution in [3.8, 4) is 0 Å². The Morgan fingerprint density at radius 3 is 2.70 bits per heavy atom. The minimum Gasteiger partial charge on any atom is -0.475 e. The molecule has 20 heavy (non-hydrogen) atoms. The minimum atomic E-state index is 0.207. The molecule has 1 aliphatic heterocycles. The van der Waals surface area contributed by atoms with Crippen LogP contribution >= 0.6 is 15.9 Å². The minimum absolute atomic E-state index is 0.207. The van der Waals surface area contributed by atoms with Gasteiger partial charge in [0.25, 0.3) is 0 Å². The molecule has 0 amide bonds. The van der Waals surface area contributed by atoms with Gasteiger partial charge in [0, 0.05) is 4.47 Å². The summed E-state index contributed by atoms with van der Waals surface area (Å²) in [5.41, 5.74) is 3.69.